The first-order valence-corrected chi connectivity index (χ1v) is 11.2. The van der Waals surface area contributed by atoms with E-state index in [1.165, 1.54) is 0 Å². The van der Waals surface area contributed by atoms with Crippen molar-refractivity contribution in [3.05, 3.63) is 88.4 Å². The number of amides is 1. The molecule has 0 aliphatic heterocycles. The molecule has 1 amide bonds. The molecule has 5 nitrogen and oxygen atoms in total. The highest BCUT2D eigenvalue weighted by Crippen LogP contribution is 2.26. The van der Waals surface area contributed by atoms with E-state index in [1.807, 2.05) is 26.0 Å². The number of sulfonamides is 1. The van der Waals surface area contributed by atoms with E-state index in [1.54, 1.807) is 61.5 Å². The van der Waals surface area contributed by atoms with E-state index in [9.17, 15) is 13.2 Å². The van der Waals surface area contributed by atoms with Crippen LogP contribution in [0.5, 0.6) is 0 Å². The summed E-state index contributed by atoms with van der Waals surface area (Å²) in [5.41, 5.74) is 3.62. The second kappa shape index (κ2) is 8.90. The Morgan fingerprint density at radius 3 is 2.07 bits per heavy atom. The molecule has 0 fully saturated rings. The van der Waals surface area contributed by atoms with Crippen LogP contribution >= 0.6 is 11.6 Å². The van der Waals surface area contributed by atoms with Gasteiger partial charge in [0.2, 0.25) is 5.91 Å². The van der Waals surface area contributed by atoms with Crippen LogP contribution in [0.1, 0.15) is 16.7 Å². The highest BCUT2D eigenvalue weighted by molar-refractivity contribution is 7.92. The molecule has 1 N–H and O–H groups in total. The van der Waals surface area contributed by atoms with Gasteiger partial charge < -0.3 is 5.32 Å². The maximum Gasteiger partial charge on any atom is 0.264 e. The summed E-state index contributed by atoms with van der Waals surface area (Å²) in [6.07, 6.45) is 0. The molecule has 0 bridgehead atoms. The van der Waals surface area contributed by atoms with Gasteiger partial charge in [-0.15, -0.1) is 0 Å². The predicted octanol–water partition coefficient (Wildman–Crippen LogP) is 5.10. The number of carbonyl (C=O) groups excluding carboxylic acids is 1. The molecule has 0 saturated carbocycles. The van der Waals surface area contributed by atoms with Gasteiger partial charge in [-0.25, -0.2) is 8.42 Å². The molecule has 0 atom stereocenters. The van der Waals surface area contributed by atoms with Gasteiger partial charge in [-0.1, -0.05) is 53.1 Å². The summed E-state index contributed by atoms with van der Waals surface area (Å²) in [6.45, 7) is 5.22. The summed E-state index contributed by atoms with van der Waals surface area (Å²) < 4.78 is 27.8. The standard InChI is InChI=1S/C23H23ClN2O3S/c1-16-7-11-19(12-8-16)26(30(28,29)20-13-9-17(2)10-14-20)15-23(27)25-22-6-4-5-21(24)18(22)3/h4-14H,15H2,1-3H3,(H,25,27). The molecule has 0 unspecified atom stereocenters. The Bertz CT molecular complexity index is 1160. The second-order valence-corrected chi connectivity index (χ2v) is 9.39. The third-order valence-corrected chi connectivity index (χ3v) is 6.96. The molecule has 0 aromatic heterocycles. The number of benzene rings is 3. The summed E-state index contributed by atoms with van der Waals surface area (Å²) in [4.78, 5) is 12.9. The van der Waals surface area contributed by atoms with Crippen LogP contribution < -0.4 is 9.62 Å². The van der Waals surface area contributed by atoms with E-state index in [2.05, 4.69) is 5.32 Å². The lowest BCUT2D eigenvalue weighted by molar-refractivity contribution is -0.114. The van der Waals surface area contributed by atoms with Crippen molar-refractivity contribution in [3.63, 3.8) is 0 Å². The van der Waals surface area contributed by atoms with Gasteiger partial charge in [-0.2, -0.15) is 0 Å². The minimum Gasteiger partial charge on any atom is -0.324 e. The fraction of sp³-hybridized carbons (Fsp3) is 0.174. The van der Waals surface area contributed by atoms with Gasteiger partial charge in [0.05, 0.1) is 10.6 Å². The molecule has 0 spiro atoms. The van der Waals surface area contributed by atoms with Crippen LogP contribution in [-0.4, -0.2) is 20.9 Å². The Balaban J connectivity index is 1.95. The molecule has 0 heterocycles. The number of hydrogen-bond acceptors (Lipinski definition) is 3. The lowest BCUT2D eigenvalue weighted by Gasteiger charge is -2.24. The number of rotatable bonds is 6. The molecule has 0 radical (unpaired) electrons. The average molecular weight is 443 g/mol. The summed E-state index contributed by atoms with van der Waals surface area (Å²) in [6, 6.07) is 18.7. The molecule has 0 aliphatic rings. The van der Waals surface area contributed by atoms with Gasteiger partial charge in [-0.3, -0.25) is 9.10 Å². The minimum absolute atomic E-state index is 0.125. The highest BCUT2D eigenvalue weighted by Gasteiger charge is 2.27. The Morgan fingerprint density at radius 2 is 1.47 bits per heavy atom. The number of aryl methyl sites for hydroxylation is 2. The molecule has 3 rings (SSSR count). The van der Waals surface area contributed by atoms with Crippen LogP contribution in [0.4, 0.5) is 11.4 Å². The smallest absolute Gasteiger partial charge is 0.264 e. The topological polar surface area (TPSA) is 66.5 Å². The molecule has 0 saturated heterocycles. The van der Waals surface area contributed by atoms with Crippen LogP contribution in [0.25, 0.3) is 0 Å². The molecule has 7 heteroatoms. The Kier molecular flexibility index (Phi) is 6.48. The van der Waals surface area contributed by atoms with E-state index in [0.29, 0.717) is 16.4 Å². The summed E-state index contributed by atoms with van der Waals surface area (Å²) in [7, 11) is -3.94. The number of nitrogens with zero attached hydrogens (tertiary/aromatic N) is 1. The van der Waals surface area contributed by atoms with E-state index >= 15 is 0 Å². The van der Waals surface area contributed by atoms with Gasteiger partial charge in [0, 0.05) is 10.7 Å². The van der Waals surface area contributed by atoms with Crippen molar-refractivity contribution >= 4 is 38.9 Å². The zero-order valence-electron chi connectivity index (χ0n) is 17.0. The minimum atomic E-state index is -3.94. The third-order valence-electron chi connectivity index (χ3n) is 4.76. The van der Waals surface area contributed by atoms with Gasteiger partial charge in [-0.05, 0) is 62.7 Å². The molecular weight excluding hydrogens is 420 g/mol. The first kappa shape index (κ1) is 21.9. The number of hydrogen-bond donors (Lipinski definition) is 1. The molecule has 3 aromatic carbocycles. The average Bonchev–Trinajstić information content (AvgIpc) is 2.71. The Morgan fingerprint density at radius 1 is 0.900 bits per heavy atom. The maximum absolute atomic E-state index is 13.4. The number of nitrogens with one attached hydrogen (secondary N) is 1. The predicted molar refractivity (Wildman–Crippen MR) is 122 cm³/mol. The largest absolute Gasteiger partial charge is 0.324 e. The Labute approximate surface area is 182 Å². The molecule has 0 aliphatic carbocycles. The van der Waals surface area contributed by atoms with Crippen LogP contribution in [0.2, 0.25) is 5.02 Å². The van der Waals surface area contributed by atoms with E-state index < -0.39 is 15.9 Å². The van der Waals surface area contributed by atoms with Crippen molar-refractivity contribution in [3.8, 4) is 0 Å². The Hall–Kier alpha value is -2.83. The summed E-state index contributed by atoms with van der Waals surface area (Å²) >= 11 is 6.12. The second-order valence-electron chi connectivity index (χ2n) is 7.12. The summed E-state index contributed by atoms with van der Waals surface area (Å²) in [5, 5.41) is 3.29. The van der Waals surface area contributed by atoms with Gasteiger partial charge in [0.1, 0.15) is 6.54 Å². The van der Waals surface area contributed by atoms with Gasteiger partial charge in [0.15, 0.2) is 0 Å². The zero-order valence-corrected chi connectivity index (χ0v) is 18.6. The quantitative estimate of drug-likeness (QED) is 0.577. The molecule has 3 aromatic rings. The van der Waals surface area contributed by atoms with Crippen LogP contribution in [-0.2, 0) is 14.8 Å². The SMILES string of the molecule is Cc1ccc(N(CC(=O)Nc2cccc(Cl)c2C)S(=O)(=O)c2ccc(C)cc2)cc1. The fourth-order valence-electron chi connectivity index (χ4n) is 2.93. The van der Waals surface area contributed by atoms with Gasteiger partial charge >= 0.3 is 0 Å². The van der Waals surface area contributed by atoms with E-state index in [4.69, 9.17) is 11.6 Å². The van der Waals surface area contributed by atoms with Crippen LogP contribution in [0, 0.1) is 20.8 Å². The first-order valence-electron chi connectivity index (χ1n) is 9.39. The third kappa shape index (κ3) is 4.83. The number of carbonyl (C=O) groups is 1. The van der Waals surface area contributed by atoms with E-state index in [0.717, 1.165) is 21.0 Å². The lowest BCUT2D eigenvalue weighted by atomic mass is 10.2. The molecular formula is C23H23ClN2O3S. The normalized spacial score (nSPS) is 11.2. The van der Waals surface area contributed by atoms with Crippen molar-refractivity contribution < 1.29 is 13.2 Å². The summed E-state index contributed by atoms with van der Waals surface area (Å²) in [5.74, 6) is -0.461. The van der Waals surface area contributed by atoms with Crippen molar-refractivity contribution in [1.82, 2.24) is 0 Å². The lowest BCUT2D eigenvalue weighted by Crippen LogP contribution is -2.38. The molecule has 156 valence electrons. The van der Waals surface area contributed by atoms with Crippen molar-refractivity contribution in [2.75, 3.05) is 16.2 Å². The monoisotopic (exact) mass is 442 g/mol. The van der Waals surface area contributed by atoms with Crippen molar-refractivity contribution in [2.45, 2.75) is 25.7 Å². The maximum atomic E-state index is 13.4. The fourth-order valence-corrected chi connectivity index (χ4v) is 4.52. The highest BCUT2D eigenvalue weighted by atomic mass is 35.5. The van der Waals surface area contributed by atoms with Crippen LogP contribution in [0.15, 0.2) is 71.6 Å². The first-order chi connectivity index (χ1) is 14.2. The number of anilines is 2. The van der Waals surface area contributed by atoms with E-state index in [-0.39, 0.29) is 11.4 Å². The van der Waals surface area contributed by atoms with Crippen molar-refractivity contribution in [2.24, 2.45) is 0 Å². The van der Waals surface area contributed by atoms with Gasteiger partial charge in [0.25, 0.3) is 10.0 Å². The van der Waals surface area contributed by atoms with Crippen LogP contribution in [0.3, 0.4) is 0 Å². The molecule has 30 heavy (non-hydrogen) atoms. The zero-order chi connectivity index (χ0) is 21.9. The number of halogens is 1. The van der Waals surface area contributed by atoms with Crippen molar-refractivity contribution in [1.29, 1.82) is 0 Å².